The van der Waals surface area contributed by atoms with Gasteiger partial charge in [0.05, 0.1) is 5.57 Å². The standard InChI is InChI=1S/C19H20N6O5/c20-15-8-9(1-2-16(27)28)17-13(25(30)24-15)6-11(7-14(17)26)18(29)12-5-10(19(21)22)3-4-23-12/h3-6,8-9,26,29H,1-2,7,20H2,(H3,21,22)(H,27,28). The lowest BCUT2D eigenvalue weighted by Gasteiger charge is -2.21. The third kappa shape index (κ3) is 4.14. The minimum absolute atomic E-state index is 0.0601. The molecular formula is C19H20N6O5. The molecule has 0 amide bonds. The number of pyridine rings is 1. The number of carboxylic acids is 1. The van der Waals surface area contributed by atoms with Crippen LogP contribution < -0.4 is 11.5 Å². The SMILES string of the molecule is N=C(N)c1ccnc(C(O)=C2C=C3C(=C(O)C2)C(CCC(=O)O)C=C(N)N=[N+]3[O-])c1. The van der Waals surface area contributed by atoms with Gasteiger partial charge in [0.25, 0.3) is 5.70 Å². The lowest BCUT2D eigenvalue weighted by atomic mass is 9.85. The van der Waals surface area contributed by atoms with Gasteiger partial charge in [-0.2, -0.15) is 0 Å². The zero-order chi connectivity index (χ0) is 22.0. The van der Waals surface area contributed by atoms with Gasteiger partial charge < -0.3 is 32.0 Å². The highest BCUT2D eigenvalue weighted by Gasteiger charge is 2.34. The summed E-state index contributed by atoms with van der Waals surface area (Å²) in [6, 6.07) is 2.91. The van der Waals surface area contributed by atoms with Crippen LogP contribution >= 0.6 is 0 Å². The molecule has 1 aromatic heterocycles. The number of hydrogen-bond donors (Lipinski definition) is 6. The highest BCUT2D eigenvalue weighted by molar-refractivity contribution is 5.95. The molecule has 11 nitrogen and oxygen atoms in total. The summed E-state index contributed by atoms with van der Waals surface area (Å²) in [4.78, 5) is 15.2. The van der Waals surface area contributed by atoms with E-state index in [0.29, 0.717) is 5.56 Å². The zero-order valence-electron chi connectivity index (χ0n) is 15.7. The maximum Gasteiger partial charge on any atom is 0.303 e. The Balaban J connectivity index is 2.08. The Hall–Kier alpha value is -4.15. The Morgan fingerprint density at radius 3 is 2.80 bits per heavy atom. The molecule has 30 heavy (non-hydrogen) atoms. The number of aliphatic hydroxyl groups excluding tert-OH is 2. The molecule has 1 aromatic rings. The Kier molecular flexibility index (Phi) is 5.54. The molecule has 1 aliphatic carbocycles. The number of hydroxylamine groups is 1. The summed E-state index contributed by atoms with van der Waals surface area (Å²) >= 11 is 0. The third-order valence-electron chi connectivity index (χ3n) is 4.70. The second kappa shape index (κ2) is 8.07. The first-order chi connectivity index (χ1) is 14.2. The van der Waals surface area contributed by atoms with E-state index in [4.69, 9.17) is 22.0 Å². The first kappa shape index (κ1) is 20.6. The molecule has 1 unspecified atom stereocenters. The fraction of sp³-hybridized carbons (Fsp3) is 0.211. The third-order valence-corrected chi connectivity index (χ3v) is 4.70. The van der Waals surface area contributed by atoms with Crippen LogP contribution in [-0.2, 0) is 4.79 Å². The molecule has 1 atom stereocenters. The van der Waals surface area contributed by atoms with Crippen LogP contribution in [0.5, 0.6) is 0 Å². The van der Waals surface area contributed by atoms with E-state index < -0.39 is 11.9 Å². The second-order valence-electron chi connectivity index (χ2n) is 6.79. The van der Waals surface area contributed by atoms with Crippen molar-refractivity contribution in [3.63, 3.8) is 0 Å². The summed E-state index contributed by atoms with van der Waals surface area (Å²) in [5.41, 5.74) is 12.0. The number of aliphatic carboxylic acids is 1. The Bertz CT molecular complexity index is 1080. The average molecular weight is 412 g/mol. The molecule has 0 radical (unpaired) electrons. The highest BCUT2D eigenvalue weighted by atomic mass is 16.5. The summed E-state index contributed by atoms with van der Waals surface area (Å²) in [7, 11) is 0. The molecule has 0 saturated heterocycles. The predicted molar refractivity (Wildman–Crippen MR) is 106 cm³/mol. The van der Waals surface area contributed by atoms with Crippen molar-refractivity contribution in [3.05, 3.63) is 75.4 Å². The van der Waals surface area contributed by atoms with Gasteiger partial charge in [-0.3, -0.25) is 15.2 Å². The predicted octanol–water partition coefficient (Wildman–Crippen LogP) is 1.99. The molecule has 2 heterocycles. The number of nitrogens with two attached hydrogens (primary N) is 2. The number of nitrogens with zero attached hydrogens (tertiary/aromatic N) is 3. The first-order valence-corrected chi connectivity index (χ1v) is 8.92. The van der Waals surface area contributed by atoms with Gasteiger partial charge in [-0.1, -0.05) is 0 Å². The molecule has 2 aliphatic rings. The van der Waals surface area contributed by atoms with E-state index in [1.165, 1.54) is 30.5 Å². The van der Waals surface area contributed by atoms with E-state index in [1.54, 1.807) is 0 Å². The zero-order valence-corrected chi connectivity index (χ0v) is 15.7. The number of nitrogens with one attached hydrogen (secondary N) is 1. The summed E-state index contributed by atoms with van der Waals surface area (Å²) in [5.74, 6) is -2.51. The van der Waals surface area contributed by atoms with Crippen LogP contribution in [0.25, 0.3) is 5.76 Å². The molecular weight excluding hydrogens is 392 g/mol. The first-order valence-electron chi connectivity index (χ1n) is 8.92. The number of azo groups is 1. The number of fused-ring (bicyclic) bond motifs is 1. The number of rotatable bonds is 5. The van der Waals surface area contributed by atoms with Crippen molar-refractivity contribution in [2.24, 2.45) is 22.5 Å². The molecule has 0 spiro atoms. The van der Waals surface area contributed by atoms with Gasteiger partial charge in [-0.05, 0) is 29.5 Å². The van der Waals surface area contributed by atoms with Gasteiger partial charge >= 0.3 is 5.97 Å². The van der Waals surface area contributed by atoms with E-state index in [1.807, 2.05) is 0 Å². The number of amidine groups is 1. The van der Waals surface area contributed by atoms with Crippen LogP contribution in [0.1, 0.15) is 30.5 Å². The van der Waals surface area contributed by atoms with Crippen molar-refractivity contribution in [1.29, 1.82) is 5.41 Å². The number of allylic oxidation sites excluding steroid dienone is 4. The van der Waals surface area contributed by atoms with Gasteiger partial charge in [-0.25, -0.2) is 0 Å². The minimum atomic E-state index is -1.03. The molecule has 0 bridgehead atoms. The van der Waals surface area contributed by atoms with Crippen molar-refractivity contribution in [2.45, 2.75) is 19.3 Å². The van der Waals surface area contributed by atoms with E-state index in [0.717, 1.165) is 0 Å². The van der Waals surface area contributed by atoms with Crippen molar-refractivity contribution in [2.75, 3.05) is 0 Å². The van der Waals surface area contributed by atoms with E-state index in [-0.39, 0.29) is 69.8 Å². The van der Waals surface area contributed by atoms with E-state index in [9.17, 15) is 20.2 Å². The van der Waals surface area contributed by atoms with Crippen LogP contribution in [0.3, 0.4) is 0 Å². The number of hydrogen-bond acceptors (Lipinski definition) is 8. The fourth-order valence-electron chi connectivity index (χ4n) is 3.31. The molecule has 0 fully saturated rings. The van der Waals surface area contributed by atoms with Gasteiger partial charge in [0.2, 0.25) is 0 Å². The molecule has 0 saturated carbocycles. The highest BCUT2D eigenvalue weighted by Crippen LogP contribution is 2.38. The Morgan fingerprint density at radius 1 is 1.40 bits per heavy atom. The quantitative estimate of drug-likeness (QED) is 0.138. The summed E-state index contributed by atoms with van der Waals surface area (Å²) in [6.45, 7) is 0. The number of aliphatic hydroxyl groups is 2. The fourth-order valence-corrected chi connectivity index (χ4v) is 3.31. The maximum atomic E-state index is 12.5. The molecule has 156 valence electrons. The number of nitrogen functional groups attached to an aromatic ring is 1. The smallest absolute Gasteiger partial charge is 0.303 e. The van der Waals surface area contributed by atoms with Crippen LogP contribution in [-0.4, -0.2) is 37.0 Å². The van der Waals surface area contributed by atoms with Crippen molar-refractivity contribution in [1.82, 2.24) is 4.98 Å². The maximum absolute atomic E-state index is 12.5. The van der Waals surface area contributed by atoms with Gasteiger partial charge in [0.1, 0.15) is 23.0 Å². The number of carbonyl (C=O) groups is 1. The van der Waals surface area contributed by atoms with Crippen LogP contribution in [0.15, 0.2) is 64.0 Å². The normalized spacial score (nSPS) is 20.4. The lowest BCUT2D eigenvalue weighted by Crippen LogP contribution is -2.17. The molecule has 0 aromatic carbocycles. The Labute approximate surface area is 170 Å². The summed E-state index contributed by atoms with van der Waals surface area (Å²) in [6.07, 6.45) is 3.92. The molecule has 8 N–H and O–H groups in total. The molecule has 3 rings (SSSR count). The largest absolute Gasteiger partial charge is 0.594 e. The summed E-state index contributed by atoms with van der Waals surface area (Å²) < 4.78 is 0. The molecule has 11 heteroatoms. The van der Waals surface area contributed by atoms with Crippen molar-refractivity contribution < 1.29 is 25.0 Å². The van der Waals surface area contributed by atoms with Gasteiger partial charge in [-0.15, -0.1) is 0 Å². The number of carboxylic acid groups (broad SMARTS) is 1. The second-order valence-corrected chi connectivity index (χ2v) is 6.79. The van der Waals surface area contributed by atoms with Gasteiger partial charge in [0, 0.05) is 47.3 Å². The topological polar surface area (TPSA) is 205 Å². The lowest BCUT2D eigenvalue weighted by molar-refractivity contribution is -0.472. The van der Waals surface area contributed by atoms with Gasteiger partial charge in [0.15, 0.2) is 5.82 Å². The van der Waals surface area contributed by atoms with Crippen molar-refractivity contribution in [3.8, 4) is 0 Å². The van der Waals surface area contributed by atoms with Crippen LogP contribution in [0.4, 0.5) is 0 Å². The number of aromatic nitrogens is 1. The summed E-state index contributed by atoms with van der Waals surface area (Å²) in [5, 5.41) is 54.0. The van der Waals surface area contributed by atoms with Crippen LogP contribution in [0, 0.1) is 16.5 Å². The van der Waals surface area contributed by atoms with Crippen molar-refractivity contribution >= 4 is 17.6 Å². The average Bonchev–Trinajstić information content (AvgIpc) is 2.81. The van der Waals surface area contributed by atoms with Crippen LogP contribution in [0.2, 0.25) is 0 Å². The van der Waals surface area contributed by atoms with E-state index >= 15 is 0 Å². The van der Waals surface area contributed by atoms with E-state index in [2.05, 4.69) is 10.1 Å². The molecule has 1 aliphatic heterocycles. The monoisotopic (exact) mass is 412 g/mol. The Morgan fingerprint density at radius 2 is 2.13 bits per heavy atom. The minimum Gasteiger partial charge on any atom is -0.594 e.